The SMILES string of the molecule is CON=C(c1n[nH]c2c1C=CC(c1ccc(F)cc1)(c1ccc(F)cc1)C2)C1CC1. The number of H-pyrrole nitrogens is 1. The molecule has 1 aromatic heterocycles. The molecule has 0 saturated heterocycles. The summed E-state index contributed by atoms with van der Waals surface area (Å²) in [5, 5.41) is 12.0. The van der Waals surface area contributed by atoms with Crippen LogP contribution in [-0.2, 0) is 16.7 Å². The number of hydrogen-bond donors (Lipinski definition) is 1. The number of allylic oxidation sites excluding steroid dienone is 1. The summed E-state index contributed by atoms with van der Waals surface area (Å²) in [6.45, 7) is 0. The minimum Gasteiger partial charge on any atom is -0.399 e. The molecule has 4 nitrogen and oxygen atoms in total. The maximum absolute atomic E-state index is 13.6. The molecular formula is C24H21F2N3O. The molecule has 0 radical (unpaired) electrons. The fourth-order valence-electron chi connectivity index (χ4n) is 4.28. The highest BCUT2D eigenvalue weighted by molar-refractivity contribution is 6.04. The fraction of sp³-hybridized carbons (Fsp3) is 0.250. The third kappa shape index (κ3) is 3.12. The molecule has 0 amide bonds. The van der Waals surface area contributed by atoms with E-state index in [0.717, 1.165) is 46.6 Å². The van der Waals surface area contributed by atoms with Gasteiger partial charge >= 0.3 is 0 Å². The number of nitrogens with one attached hydrogen (secondary N) is 1. The first kappa shape index (κ1) is 18.7. The lowest BCUT2D eigenvalue weighted by molar-refractivity contribution is 0.212. The van der Waals surface area contributed by atoms with E-state index in [1.807, 2.05) is 6.08 Å². The lowest BCUT2D eigenvalue weighted by Crippen LogP contribution is -2.30. The molecule has 1 fully saturated rings. The molecule has 0 aliphatic heterocycles. The Morgan fingerprint density at radius 3 is 2.17 bits per heavy atom. The quantitative estimate of drug-likeness (QED) is 0.480. The smallest absolute Gasteiger partial charge is 0.123 e. The van der Waals surface area contributed by atoms with Gasteiger partial charge in [-0.25, -0.2) is 8.78 Å². The Bertz CT molecular complexity index is 1080. The molecule has 0 bridgehead atoms. The monoisotopic (exact) mass is 405 g/mol. The van der Waals surface area contributed by atoms with Crippen LogP contribution in [-0.4, -0.2) is 23.0 Å². The van der Waals surface area contributed by atoms with E-state index in [1.165, 1.54) is 24.3 Å². The summed E-state index contributed by atoms with van der Waals surface area (Å²) in [5.74, 6) is -0.198. The van der Waals surface area contributed by atoms with Gasteiger partial charge in [-0.3, -0.25) is 5.10 Å². The largest absolute Gasteiger partial charge is 0.399 e. The zero-order chi connectivity index (χ0) is 20.7. The normalized spacial score (nSPS) is 17.6. The van der Waals surface area contributed by atoms with E-state index in [4.69, 9.17) is 4.84 Å². The molecule has 30 heavy (non-hydrogen) atoms. The summed E-state index contributed by atoms with van der Waals surface area (Å²) < 4.78 is 27.2. The van der Waals surface area contributed by atoms with Gasteiger partial charge in [0.05, 0.1) is 0 Å². The van der Waals surface area contributed by atoms with Crippen molar-refractivity contribution in [2.45, 2.75) is 24.7 Å². The van der Waals surface area contributed by atoms with Crippen molar-refractivity contribution < 1.29 is 13.6 Å². The van der Waals surface area contributed by atoms with Crippen molar-refractivity contribution in [3.63, 3.8) is 0 Å². The minimum absolute atomic E-state index is 0.290. The Morgan fingerprint density at radius 2 is 1.63 bits per heavy atom. The van der Waals surface area contributed by atoms with Crippen LogP contribution in [0.1, 0.15) is 40.9 Å². The van der Waals surface area contributed by atoms with Crippen LogP contribution in [0.15, 0.2) is 59.8 Å². The number of aromatic amines is 1. The van der Waals surface area contributed by atoms with Gasteiger partial charge in [-0.05, 0) is 48.2 Å². The van der Waals surface area contributed by atoms with E-state index in [-0.39, 0.29) is 11.6 Å². The van der Waals surface area contributed by atoms with Crippen LogP contribution in [0, 0.1) is 17.6 Å². The molecule has 3 aromatic rings. The molecule has 1 heterocycles. The first-order valence-corrected chi connectivity index (χ1v) is 10.0. The second kappa shape index (κ2) is 7.20. The minimum atomic E-state index is -0.559. The maximum atomic E-state index is 13.6. The number of hydrogen-bond acceptors (Lipinski definition) is 3. The zero-order valence-electron chi connectivity index (χ0n) is 16.5. The molecule has 0 spiro atoms. The lowest BCUT2D eigenvalue weighted by atomic mass is 9.68. The number of oxime groups is 1. The van der Waals surface area contributed by atoms with E-state index in [9.17, 15) is 8.78 Å². The second-order valence-corrected chi connectivity index (χ2v) is 7.89. The third-order valence-electron chi connectivity index (χ3n) is 5.99. The van der Waals surface area contributed by atoms with E-state index >= 15 is 0 Å². The third-order valence-corrected chi connectivity index (χ3v) is 5.99. The molecule has 0 unspecified atom stereocenters. The summed E-state index contributed by atoms with van der Waals surface area (Å²) in [6, 6.07) is 13.0. The van der Waals surface area contributed by atoms with Gasteiger partial charge in [-0.2, -0.15) is 5.10 Å². The maximum Gasteiger partial charge on any atom is 0.123 e. The topological polar surface area (TPSA) is 50.3 Å². The van der Waals surface area contributed by atoms with E-state index in [1.54, 1.807) is 31.4 Å². The van der Waals surface area contributed by atoms with Crippen molar-refractivity contribution in [1.29, 1.82) is 0 Å². The van der Waals surface area contributed by atoms with Gasteiger partial charge in [0.25, 0.3) is 0 Å². The van der Waals surface area contributed by atoms with Crippen LogP contribution in [0.3, 0.4) is 0 Å². The number of nitrogens with zero attached hydrogens (tertiary/aromatic N) is 2. The molecule has 2 aliphatic carbocycles. The highest BCUT2D eigenvalue weighted by Gasteiger charge is 2.39. The molecule has 1 saturated carbocycles. The number of halogens is 2. The fourth-order valence-corrected chi connectivity index (χ4v) is 4.28. The van der Waals surface area contributed by atoms with Gasteiger partial charge in [-0.1, -0.05) is 41.6 Å². The Balaban J connectivity index is 1.62. The Morgan fingerprint density at radius 1 is 1.03 bits per heavy atom. The molecule has 5 rings (SSSR count). The Kier molecular flexibility index (Phi) is 4.50. The molecule has 2 aliphatic rings. The number of fused-ring (bicyclic) bond motifs is 1. The van der Waals surface area contributed by atoms with Crippen molar-refractivity contribution in [3.8, 4) is 0 Å². The zero-order valence-corrected chi connectivity index (χ0v) is 16.5. The van der Waals surface area contributed by atoms with E-state index in [0.29, 0.717) is 12.3 Å². The van der Waals surface area contributed by atoms with Crippen LogP contribution >= 0.6 is 0 Å². The molecule has 2 aromatic carbocycles. The number of benzene rings is 2. The number of aromatic nitrogens is 2. The highest BCUT2D eigenvalue weighted by atomic mass is 19.1. The van der Waals surface area contributed by atoms with E-state index < -0.39 is 5.41 Å². The van der Waals surface area contributed by atoms with Gasteiger partial charge in [0.15, 0.2) is 0 Å². The summed E-state index contributed by atoms with van der Waals surface area (Å²) in [5.41, 5.74) is 4.95. The molecule has 0 atom stereocenters. The van der Waals surface area contributed by atoms with Gasteiger partial charge < -0.3 is 4.84 Å². The Hall–Kier alpha value is -3.28. The summed E-state index contributed by atoms with van der Waals surface area (Å²) in [4.78, 5) is 5.06. The predicted molar refractivity (Wildman–Crippen MR) is 111 cm³/mol. The molecule has 1 N–H and O–H groups in total. The number of rotatable bonds is 5. The molecule has 152 valence electrons. The van der Waals surface area contributed by atoms with Crippen molar-refractivity contribution in [2.24, 2.45) is 11.1 Å². The summed E-state index contributed by atoms with van der Waals surface area (Å²) in [6.07, 6.45) is 6.91. The van der Waals surface area contributed by atoms with Gasteiger partial charge in [-0.15, -0.1) is 0 Å². The van der Waals surface area contributed by atoms with Crippen molar-refractivity contribution in [3.05, 3.63) is 94.3 Å². The first-order valence-electron chi connectivity index (χ1n) is 10.0. The van der Waals surface area contributed by atoms with Crippen molar-refractivity contribution in [1.82, 2.24) is 10.2 Å². The second-order valence-electron chi connectivity index (χ2n) is 7.89. The van der Waals surface area contributed by atoms with Crippen LogP contribution in [0.2, 0.25) is 0 Å². The van der Waals surface area contributed by atoms with Gasteiger partial charge in [0.2, 0.25) is 0 Å². The van der Waals surface area contributed by atoms with Crippen molar-refractivity contribution in [2.75, 3.05) is 7.11 Å². The Labute approximate surface area is 173 Å². The summed E-state index contributed by atoms with van der Waals surface area (Å²) >= 11 is 0. The summed E-state index contributed by atoms with van der Waals surface area (Å²) in [7, 11) is 1.55. The predicted octanol–water partition coefficient (Wildman–Crippen LogP) is 5.00. The van der Waals surface area contributed by atoms with Gasteiger partial charge in [0, 0.05) is 29.0 Å². The lowest BCUT2D eigenvalue weighted by Gasteiger charge is -2.34. The first-order chi connectivity index (χ1) is 14.6. The molecular weight excluding hydrogens is 384 g/mol. The van der Waals surface area contributed by atoms with Crippen LogP contribution in [0.5, 0.6) is 0 Å². The van der Waals surface area contributed by atoms with Gasteiger partial charge in [0.1, 0.15) is 30.1 Å². The molecule has 6 heteroatoms. The van der Waals surface area contributed by atoms with Crippen molar-refractivity contribution >= 4 is 11.8 Å². The van der Waals surface area contributed by atoms with Crippen LogP contribution in [0.25, 0.3) is 6.08 Å². The standard InChI is InChI=1S/C24H21F2N3O/c1-30-29-22(15-2-3-15)23-20-12-13-24(14-21(20)27-28-23,16-4-8-18(25)9-5-16)17-6-10-19(26)11-7-17/h4-13,15H,2-3,14H2,1H3,(H,27,28). The highest BCUT2D eigenvalue weighted by Crippen LogP contribution is 2.43. The van der Waals surface area contributed by atoms with Crippen LogP contribution in [0.4, 0.5) is 8.78 Å². The van der Waals surface area contributed by atoms with Crippen LogP contribution < -0.4 is 0 Å². The average molecular weight is 405 g/mol. The van der Waals surface area contributed by atoms with E-state index in [2.05, 4.69) is 21.4 Å². The average Bonchev–Trinajstić information content (AvgIpc) is 3.52.